The van der Waals surface area contributed by atoms with Gasteiger partial charge in [-0.05, 0) is 6.92 Å². The maximum Gasteiger partial charge on any atom is 0.0669 e. The molecule has 1 saturated carbocycles. The first kappa shape index (κ1) is 6.05. The Morgan fingerprint density at radius 1 is 1.62 bits per heavy atom. The summed E-state index contributed by atoms with van der Waals surface area (Å²) in [5, 5.41) is 9.13. The average Bonchev–Trinajstić information content (AvgIpc) is 1.60. The SMILES string of the molecule is COC1CC(C)(O)C1. The van der Waals surface area contributed by atoms with Crippen LogP contribution in [0, 0.1) is 0 Å². The number of hydrogen-bond donors (Lipinski definition) is 1. The molecule has 48 valence electrons. The lowest BCUT2D eigenvalue weighted by atomic mass is 9.79. The summed E-state index contributed by atoms with van der Waals surface area (Å²) in [5.74, 6) is 0. The van der Waals surface area contributed by atoms with Gasteiger partial charge in [0, 0.05) is 20.0 Å². The minimum Gasteiger partial charge on any atom is -0.390 e. The van der Waals surface area contributed by atoms with E-state index in [1.54, 1.807) is 7.11 Å². The number of ether oxygens (including phenoxy) is 1. The summed E-state index contributed by atoms with van der Waals surface area (Å²) in [6, 6.07) is 0. The Morgan fingerprint density at radius 2 is 2.12 bits per heavy atom. The van der Waals surface area contributed by atoms with Crippen molar-refractivity contribution < 1.29 is 9.84 Å². The van der Waals surface area contributed by atoms with Crippen molar-refractivity contribution in [3.8, 4) is 0 Å². The third-order valence-electron chi connectivity index (χ3n) is 1.67. The topological polar surface area (TPSA) is 29.5 Å². The lowest BCUT2D eigenvalue weighted by Gasteiger charge is -2.39. The van der Waals surface area contributed by atoms with E-state index in [4.69, 9.17) is 9.84 Å². The summed E-state index contributed by atoms with van der Waals surface area (Å²) in [6.45, 7) is 1.84. The van der Waals surface area contributed by atoms with Crippen LogP contribution in [-0.4, -0.2) is 23.9 Å². The Kier molecular flexibility index (Phi) is 1.29. The summed E-state index contributed by atoms with van der Waals surface area (Å²) in [5.41, 5.74) is -0.430. The maximum atomic E-state index is 9.13. The standard InChI is InChI=1S/C6H12O2/c1-6(7)3-5(4-6)8-2/h5,7H,3-4H2,1-2H3. The maximum absolute atomic E-state index is 9.13. The largest absolute Gasteiger partial charge is 0.390 e. The second-order valence-electron chi connectivity index (χ2n) is 2.76. The molecule has 0 aromatic carbocycles. The van der Waals surface area contributed by atoms with Gasteiger partial charge < -0.3 is 9.84 Å². The van der Waals surface area contributed by atoms with Crippen LogP contribution in [0.15, 0.2) is 0 Å². The van der Waals surface area contributed by atoms with Crippen molar-refractivity contribution in [3.05, 3.63) is 0 Å². The second kappa shape index (κ2) is 1.71. The van der Waals surface area contributed by atoms with Gasteiger partial charge in [-0.3, -0.25) is 0 Å². The molecule has 2 heteroatoms. The van der Waals surface area contributed by atoms with Crippen molar-refractivity contribution >= 4 is 0 Å². The molecule has 0 aliphatic heterocycles. The van der Waals surface area contributed by atoms with Crippen molar-refractivity contribution in [3.63, 3.8) is 0 Å². The molecule has 0 bridgehead atoms. The predicted octanol–water partition coefficient (Wildman–Crippen LogP) is 0.546. The van der Waals surface area contributed by atoms with E-state index in [2.05, 4.69) is 0 Å². The van der Waals surface area contributed by atoms with E-state index in [0.717, 1.165) is 12.8 Å². The molecule has 0 heterocycles. The van der Waals surface area contributed by atoms with E-state index >= 15 is 0 Å². The number of methoxy groups -OCH3 is 1. The van der Waals surface area contributed by atoms with Crippen LogP contribution in [0.1, 0.15) is 19.8 Å². The zero-order valence-corrected chi connectivity index (χ0v) is 5.35. The van der Waals surface area contributed by atoms with Crippen LogP contribution >= 0.6 is 0 Å². The van der Waals surface area contributed by atoms with Crippen LogP contribution in [0.2, 0.25) is 0 Å². The van der Waals surface area contributed by atoms with Crippen LogP contribution in [0.5, 0.6) is 0 Å². The Morgan fingerprint density at radius 3 is 2.25 bits per heavy atom. The molecular weight excluding hydrogens is 104 g/mol. The zero-order valence-electron chi connectivity index (χ0n) is 5.35. The first-order valence-electron chi connectivity index (χ1n) is 2.89. The Labute approximate surface area is 49.5 Å². The molecule has 1 rings (SSSR count). The molecule has 8 heavy (non-hydrogen) atoms. The lowest BCUT2D eigenvalue weighted by Crippen LogP contribution is -2.45. The molecule has 1 fully saturated rings. The zero-order chi connectivity index (χ0) is 6.20. The molecule has 2 nitrogen and oxygen atoms in total. The molecule has 0 saturated heterocycles. The Bertz CT molecular complexity index is 80.5. The molecule has 0 atom stereocenters. The minimum absolute atomic E-state index is 0.310. The van der Waals surface area contributed by atoms with E-state index in [1.165, 1.54) is 0 Å². The molecule has 0 unspecified atom stereocenters. The van der Waals surface area contributed by atoms with Gasteiger partial charge in [0.1, 0.15) is 0 Å². The molecule has 1 aliphatic rings. The fourth-order valence-electron chi connectivity index (χ4n) is 1.09. The summed E-state index contributed by atoms with van der Waals surface area (Å²) >= 11 is 0. The summed E-state index contributed by atoms with van der Waals surface area (Å²) in [4.78, 5) is 0. The first-order chi connectivity index (χ1) is 3.64. The summed E-state index contributed by atoms with van der Waals surface area (Å²) in [6.07, 6.45) is 1.90. The van der Waals surface area contributed by atoms with Gasteiger partial charge in [-0.15, -0.1) is 0 Å². The number of rotatable bonds is 1. The third kappa shape index (κ3) is 1.01. The van der Waals surface area contributed by atoms with Crippen molar-refractivity contribution in [2.24, 2.45) is 0 Å². The summed E-state index contributed by atoms with van der Waals surface area (Å²) in [7, 11) is 1.68. The third-order valence-corrected chi connectivity index (χ3v) is 1.67. The van der Waals surface area contributed by atoms with E-state index < -0.39 is 5.60 Å². The summed E-state index contributed by atoms with van der Waals surface area (Å²) < 4.78 is 4.96. The van der Waals surface area contributed by atoms with Crippen molar-refractivity contribution in [2.75, 3.05) is 7.11 Å². The lowest BCUT2D eigenvalue weighted by molar-refractivity contribution is -0.115. The normalized spacial score (nSPS) is 46.1. The molecular formula is C6H12O2. The van der Waals surface area contributed by atoms with Crippen molar-refractivity contribution in [1.29, 1.82) is 0 Å². The predicted molar refractivity (Wildman–Crippen MR) is 30.7 cm³/mol. The number of aliphatic hydroxyl groups is 1. The van der Waals surface area contributed by atoms with Crippen LogP contribution in [-0.2, 0) is 4.74 Å². The Balaban J connectivity index is 2.21. The van der Waals surface area contributed by atoms with Gasteiger partial charge in [0.15, 0.2) is 0 Å². The fraction of sp³-hybridized carbons (Fsp3) is 1.00. The quantitative estimate of drug-likeness (QED) is 0.542. The van der Waals surface area contributed by atoms with Gasteiger partial charge in [0.2, 0.25) is 0 Å². The van der Waals surface area contributed by atoms with E-state index in [9.17, 15) is 0 Å². The van der Waals surface area contributed by atoms with Crippen molar-refractivity contribution in [1.82, 2.24) is 0 Å². The van der Waals surface area contributed by atoms with Gasteiger partial charge in [0.05, 0.1) is 11.7 Å². The van der Waals surface area contributed by atoms with Crippen LogP contribution < -0.4 is 0 Å². The van der Waals surface area contributed by atoms with E-state index in [-0.39, 0.29) is 0 Å². The molecule has 0 amide bonds. The molecule has 0 aromatic rings. The molecule has 0 aromatic heterocycles. The highest BCUT2D eigenvalue weighted by atomic mass is 16.5. The van der Waals surface area contributed by atoms with E-state index in [0.29, 0.717) is 6.10 Å². The first-order valence-corrected chi connectivity index (χ1v) is 2.89. The van der Waals surface area contributed by atoms with E-state index in [1.807, 2.05) is 6.92 Å². The highest BCUT2D eigenvalue weighted by Gasteiger charge is 2.38. The molecule has 0 spiro atoms. The average molecular weight is 116 g/mol. The van der Waals surface area contributed by atoms with Gasteiger partial charge in [-0.2, -0.15) is 0 Å². The Hall–Kier alpha value is -0.0800. The van der Waals surface area contributed by atoms with Gasteiger partial charge in [-0.1, -0.05) is 0 Å². The van der Waals surface area contributed by atoms with Crippen LogP contribution in [0.3, 0.4) is 0 Å². The van der Waals surface area contributed by atoms with Crippen molar-refractivity contribution in [2.45, 2.75) is 31.5 Å². The fourth-order valence-corrected chi connectivity index (χ4v) is 1.09. The van der Waals surface area contributed by atoms with Crippen LogP contribution in [0.4, 0.5) is 0 Å². The van der Waals surface area contributed by atoms with Gasteiger partial charge >= 0.3 is 0 Å². The molecule has 1 aliphatic carbocycles. The van der Waals surface area contributed by atoms with Gasteiger partial charge in [-0.25, -0.2) is 0 Å². The smallest absolute Gasteiger partial charge is 0.0669 e. The highest BCUT2D eigenvalue weighted by molar-refractivity contribution is 4.90. The monoisotopic (exact) mass is 116 g/mol. The van der Waals surface area contributed by atoms with Crippen LogP contribution in [0.25, 0.3) is 0 Å². The molecule has 1 N–H and O–H groups in total. The highest BCUT2D eigenvalue weighted by Crippen LogP contribution is 2.32. The minimum atomic E-state index is -0.430. The van der Waals surface area contributed by atoms with Gasteiger partial charge in [0.25, 0.3) is 0 Å². The second-order valence-corrected chi connectivity index (χ2v) is 2.76. The number of hydrogen-bond acceptors (Lipinski definition) is 2. The molecule has 0 radical (unpaired) electrons.